The number of nitrogens with zero attached hydrogens (tertiary/aromatic N) is 1. The van der Waals surface area contributed by atoms with Crippen molar-refractivity contribution in [2.75, 3.05) is 16.8 Å². The summed E-state index contributed by atoms with van der Waals surface area (Å²) in [6.45, 7) is 6.59. The number of benzene rings is 1. The van der Waals surface area contributed by atoms with Crippen molar-refractivity contribution in [3.8, 4) is 0 Å². The van der Waals surface area contributed by atoms with Gasteiger partial charge < -0.3 is 19.4 Å². The first-order chi connectivity index (χ1) is 12.8. The number of esters is 1. The molecule has 1 aliphatic rings. The van der Waals surface area contributed by atoms with Crippen molar-refractivity contribution in [3.05, 3.63) is 46.9 Å². The quantitative estimate of drug-likeness (QED) is 0.839. The Morgan fingerprint density at radius 2 is 1.93 bits per heavy atom. The van der Waals surface area contributed by atoms with Crippen LogP contribution in [0.15, 0.2) is 28.7 Å². The lowest BCUT2D eigenvalue weighted by Crippen LogP contribution is -2.41. The summed E-state index contributed by atoms with van der Waals surface area (Å²) >= 11 is 0. The summed E-state index contributed by atoms with van der Waals surface area (Å²) < 4.78 is 10.7. The summed E-state index contributed by atoms with van der Waals surface area (Å²) in [6, 6.07) is 6.70. The van der Waals surface area contributed by atoms with Crippen LogP contribution in [0.25, 0.3) is 0 Å². The SMILES string of the molecule is Cc1oc(C)c(C(=O)OCC(=O)N2c3ccccc3NC(=O)C[C@H]2C)c1C. The molecule has 1 atom stereocenters. The number of furan rings is 1. The fourth-order valence-corrected chi connectivity index (χ4v) is 3.33. The Balaban J connectivity index is 1.79. The molecule has 1 aromatic carbocycles. The Bertz CT molecular complexity index is 915. The lowest BCUT2D eigenvalue weighted by Gasteiger charge is -2.27. The van der Waals surface area contributed by atoms with E-state index < -0.39 is 18.5 Å². The minimum atomic E-state index is -0.597. The number of carbonyl (C=O) groups is 3. The molecule has 0 saturated carbocycles. The highest BCUT2D eigenvalue weighted by Crippen LogP contribution is 2.31. The molecule has 7 heteroatoms. The molecule has 2 aromatic rings. The van der Waals surface area contributed by atoms with E-state index in [4.69, 9.17) is 9.15 Å². The summed E-state index contributed by atoms with van der Waals surface area (Å²) in [5.41, 5.74) is 2.20. The zero-order valence-electron chi connectivity index (χ0n) is 15.8. The molecule has 27 heavy (non-hydrogen) atoms. The molecule has 2 amide bonds. The standard InChI is InChI=1S/C20H22N2O5/c1-11-9-17(23)21-15-7-5-6-8-16(15)22(11)18(24)10-26-20(25)19-12(2)13(3)27-14(19)4/h5-8,11H,9-10H2,1-4H3,(H,21,23)/t11-/m1/s1. The highest BCUT2D eigenvalue weighted by atomic mass is 16.5. The van der Waals surface area contributed by atoms with Gasteiger partial charge in [-0.2, -0.15) is 0 Å². The molecule has 1 aliphatic heterocycles. The average molecular weight is 370 g/mol. The minimum absolute atomic E-state index is 0.160. The van der Waals surface area contributed by atoms with Crippen molar-refractivity contribution < 1.29 is 23.5 Å². The second-order valence-electron chi connectivity index (χ2n) is 6.67. The summed E-state index contributed by atoms with van der Waals surface area (Å²) in [6.07, 6.45) is 0.160. The van der Waals surface area contributed by atoms with Crippen LogP contribution in [0, 0.1) is 20.8 Å². The maximum Gasteiger partial charge on any atom is 0.342 e. The van der Waals surface area contributed by atoms with Crippen molar-refractivity contribution in [3.63, 3.8) is 0 Å². The van der Waals surface area contributed by atoms with Crippen LogP contribution >= 0.6 is 0 Å². The molecular formula is C20H22N2O5. The van der Waals surface area contributed by atoms with E-state index in [9.17, 15) is 14.4 Å². The van der Waals surface area contributed by atoms with E-state index in [2.05, 4.69) is 5.32 Å². The fraction of sp³-hybridized carbons (Fsp3) is 0.350. The summed E-state index contributed by atoms with van der Waals surface area (Å²) in [4.78, 5) is 38.8. The monoisotopic (exact) mass is 370 g/mol. The van der Waals surface area contributed by atoms with Crippen LogP contribution in [0.1, 0.15) is 40.8 Å². The second-order valence-corrected chi connectivity index (χ2v) is 6.67. The molecule has 0 aliphatic carbocycles. The van der Waals surface area contributed by atoms with Gasteiger partial charge in [-0.3, -0.25) is 9.59 Å². The number of amides is 2. The molecule has 0 fully saturated rings. The number of fused-ring (bicyclic) bond motifs is 1. The number of anilines is 2. The number of hydrogen-bond donors (Lipinski definition) is 1. The smallest absolute Gasteiger partial charge is 0.342 e. The zero-order chi connectivity index (χ0) is 19.7. The van der Waals surface area contributed by atoms with Gasteiger partial charge >= 0.3 is 5.97 Å². The molecule has 0 spiro atoms. The lowest BCUT2D eigenvalue weighted by molar-refractivity contribution is -0.122. The van der Waals surface area contributed by atoms with Crippen molar-refractivity contribution in [1.29, 1.82) is 0 Å². The van der Waals surface area contributed by atoms with Gasteiger partial charge in [0.15, 0.2) is 6.61 Å². The number of hydrogen-bond acceptors (Lipinski definition) is 5. The van der Waals surface area contributed by atoms with Gasteiger partial charge in [0.25, 0.3) is 5.91 Å². The molecule has 142 valence electrons. The molecule has 2 heterocycles. The van der Waals surface area contributed by atoms with Crippen molar-refractivity contribution in [2.45, 2.75) is 40.2 Å². The summed E-state index contributed by atoms with van der Waals surface area (Å²) in [5, 5.41) is 2.79. The van der Waals surface area contributed by atoms with Gasteiger partial charge in [0, 0.05) is 18.0 Å². The van der Waals surface area contributed by atoms with Crippen LogP contribution in [0.4, 0.5) is 11.4 Å². The highest BCUT2D eigenvalue weighted by molar-refractivity contribution is 6.05. The first-order valence-corrected chi connectivity index (χ1v) is 8.74. The zero-order valence-corrected chi connectivity index (χ0v) is 15.8. The van der Waals surface area contributed by atoms with Gasteiger partial charge in [-0.1, -0.05) is 12.1 Å². The summed E-state index contributed by atoms with van der Waals surface area (Å²) in [7, 11) is 0. The van der Waals surface area contributed by atoms with Gasteiger partial charge in [0.2, 0.25) is 5.91 Å². The van der Waals surface area contributed by atoms with E-state index in [0.717, 1.165) is 0 Å². The van der Waals surface area contributed by atoms with Crippen LogP contribution in [-0.4, -0.2) is 30.4 Å². The van der Waals surface area contributed by atoms with Crippen LogP contribution in [-0.2, 0) is 14.3 Å². The van der Waals surface area contributed by atoms with E-state index >= 15 is 0 Å². The van der Waals surface area contributed by atoms with Gasteiger partial charge in [-0.15, -0.1) is 0 Å². The molecule has 0 saturated heterocycles. The maximum absolute atomic E-state index is 12.8. The van der Waals surface area contributed by atoms with Gasteiger partial charge in [-0.25, -0.2) is 4.79 Å². The third-order valence-corrected chi connectivity index (χ3v) is 4.72. The van der Waals surface area contributed by atoms with Gasteiger partial charge in [0.05, 0.1) is 11.4 Å². The first-order valence-electron chi connectivity index (χ1n) is 8.74. The van der Waals surface area contributed by atoms with Crippen LogP contribution in [0.5, 0.6) is 0 Å². The Morgan fingerprint density at radius 1 is 1.22 bits per heavy atom. The largest absolute Gasteiger partial charge is 0.465 e. The molecule has 0 unspecified atom stereocenters. The molecule has 7 nitrogen and oxygen atoms in total. The average Bonchev–Trinajstić information content (AvgIpc) is 2.78. The van der Waals surface area contributed by atoms with E-state index in [1.807, 2.05) is 0 Å². The Kier molecular flexibility index (Phi) is 5.03. The molecule has 1 N–H and O–H groups in total. The topological polar surface area (TPSA) is 88.8 Å². The molecule has 3 rings (SSSR count). The van der Waals surface area contributed by atoms with E-state index in [-0.39, 0.29) is 18.4 Å². The van der Waals surface area contributed by atoms with Crippen molar-refractivity contribution >= 4 is 29.2 Å². The highest BCUT2D eigenvalue weighted by Gasteiger charge is 2.30. The molecular weight excluding hydrogens is 348 g/mol. The number of rotatable bonds is 3. The van der Waals surface area contributed by atoms with E-state index in [0.29, 0.717) is 34.0 Å². The van der Waals surface area contributed by atoms with E-state index in [1.54, 1.807) is 52.0 Å². The predicted molar refractivity (Wildman–Crippen MR) is 99.8 cm³/mol. The van der Waals surface area contributed by atoms with Gasteiger partial charge in [0.1, 0.15) is 17.1 Å². The molecule has 0 radical (unpaired) electrons. The third kappa shape index (κ3) is 3.58. The van der Waals surface area contributed by atoms with Crippen LogP contribution in [0.3, 0.4) is 0 Å². The maximum atomic E-state index is 12.8. The normalized spacial score (nSPS) is 16.4. The second kappa shape index (κ2) is 7.26. The number of aryl methyl sites for hydroxylation is 2. The van der Waals surface area contributed by atoms with Crippen LogP contribution in [0.2, 0.25) is 0 Å². The number of nitrogens with one attached hydrogen (secondary N) is 1. The van der Waals surface area contributed by atoms with Crippen molar-refractivity contribution in [2.24, 2.45) is 0 Å². The Labute approximate surface area is 157 Å². The Morgan fingerprint density at radius 3 is 2.59 bits per heavy atom. The Hall–Kier alpha value is -3.09. The van der Waals surface area contributed by atoms with Gasteiger partial charge in [-0.05, 0) is 39.8 Å². The predicted octanol–water partition coefficient (Wildman–Crippen LogP) is 3.13. The van der Waals surface area contributed by atoms with Crippen LogP contribution < -0.4 is 10.2 Å². The van der Waals surface area contributed by atoms with E-state index in [1.165, 1.54) is 4.90 Å². The lowest BCUT2D eigenvalue weighted by atomic mass is 10.1. The summed E-state index contributed by atoms with van der Waals surface area (Å²) in [5.74, 6) is -0.0472. The number of para-hydroxylation sites is 2. The minimum Gasteiger partial charge on any atom is -0.465 e. The molecule has 1 aromatic heterocycles. The third-order valence-electron chi connectivity index (χ3n) is 4.72. The first kappa shape index (κ1) is 18.7. The molecule has 0 bridgehead atoms. The number of ether oxygens (including phenoxy) is 1. The van der Waals surface area contributed by atoms with Crippen molar-refractivity contribution in [1.82, 2.24) is 0 Å². The fourth-order valence-electron chi connectivity index (χ4n) is 3.33. The number of carbonyl (C=O) groups excluding carboxylic acids is 3.